The molecule has 0 spiro atoms. The van der Waals surface area contributed by atoms with Crippen molar-refractivity contribution in [1.29, 1.82) is 0 Å². The molecule has 7 heteroatoms. The van der Waals surface area contributed by atoms with Gasteiger partial charge in [-0.15, -0.1) is 22.0 Å². The van der Waals surface area contributed by atoms with E-state index in [1.165, 1.54) is 11.3 Å². The van der Waals surface area contributed by atoms with Gasteiger partial charge in [-0.3, -0.25) is 4.79 Å². The van der Waals surface area contributed by atoms with Crippen molar-refractivity contribution in [2.24, 2.45) is 5.73 Å². The van der Waals surface area contributed by atoms with Crippen molar-refractivity contribution in [3.8, 4) is 10.6 Å². The molecule has 1 amide bonds. The second kappa shape index (κ2) is 4.68. The topological polar surface area (TPSA) is 80.9 Å². The van der Waals surface area contributed by atoms with Crippen LogP contribution in [0.3, 0.4) is 0 Å². The zero-order valence-electron chi connectivity index (χ0n) is 9.34. The van der Waals surface area contributed by atoms with E-state index in [1.807, 2.05) is 18.2 Å². The molecular weight excluding hydrogens is 268 g/mol. The molecule has 3 rings (SSSR count). The molecule has 0 aliphatic carbocycles. The highest BCUT2D eigenvalue weighted by atomic mass is 32.2. The van der Waals surface area contributed by atoms with E-state index >= 15 is 0 Å². The number of aromatic nitrogens is 2. The molecule has 0 bridgehead atoms. The Morgan fingerprint density at radius 3 is 3.06 bits per heavy atom. The zero-order valence-corrected chi connectivity index (χ0v) is 11.0. The average Bonchev–Trinajstić information content (AvgIpc) is 2.86. The van der Waals surface area contributed by atoms with Crippen LogP contribution in [0, 0.1) is 0 Å². The van der Waals surface area contributed by atoms with Gasteiger partial charge < -0.3 is 11.1 Å². The van der Waals surface area contributed by atoms with Gasteiger partial charge in [-0.05, 0) is 12.1 Å². The predicted molar refractivity (Wildman–Crippen MR) is 72.6 cm³/mol. The van der Waals surface area contributed by atoms with Gasteiger partial charge in [-0.1, -0.05) is 17.4 Å². The van der Waals surface area contributed by atoms with Crippen molar-refractivity contribution in [2.45, 2.75) is 11.4 Å². The monoisotopic (exact) mass is 278 g/mol. The molecule has 1 aromatic carbocycles. The van der Waals surface area contributed by atoms with E-state index < -0.39 is 0 Å². The normalized spacial score (nSPS) is 14.2. The smallest absolute Gasteiger partial charge is 0.234 e. The standard InChI is InChI=1S/C11H10N4OS2/c12-4-10-14-15-11(18-10)6-1-2-8-7(3-6)13-9(16)5-17-8/h1-3H,4-5,12H2,(H,13,16). The molecule has 1 aliphatic heterocycles. The highest BCUT2D eigenvalue weighted by molar-refractivity contribution is 8.00. The Morgan fingerprint density at radius 1 is 1.39 bits per heavy atom. The first-order valence-corrected chi connectivity index (χ1v) is 7.16. The predicted octanol–water partition coefficient (Wildman–Crippen LogP) is 1.71. The van der Waals surface area contributed by atoms with Crippen molar-refractivity contribution in [3.05, 3.63) is 23.2 Å². The third-order valence-corrected chi connectivity index (χ3v) is 4.57. The van der Waals surface area contributed by atoms with Crippen LogP contribution in [0.4, 0.5) is 5.69 Å². The van der Waals surface area contributed by atoms with E-state index in [4.69, 9.17) is 5.73 Å². The SMILES string of the molecule is NCc1nnc(-c2ccc3c(c2)NC(=O)CS3)s1. The lowest BCUT2D eigenvalue weighted by Gasteiger charge is -2.16. The number of nitrogens with two attached hydrogens (primary N) is 1. The first-order chi connectivity index (χ1) is 8.76. The highest BCUT2D eigenvalue weighted by Crippen LogP contribution is 2.35. The Balaban J connectivity index is 1.98. The number of nitrogens with one attached hydrogen (secondary N) is 1. The summed E-state index contributed by atoms with van der Waals surface area (Å²) >= 11 is 3.02. The van der Waals surface area contributed by atoms with Crippen molar-refractivity contribution in [1.82, 2.24) is 10.2 Å². The van der Waals surface area contributed by atoms with Crippen LogP contribution in [0.1, 0.15) is 5.01 Å². The zero-order chi connectivity index (χ0) is 12.5. The van der Waals surface area contributed by atoms with Crippen LogP contribution >= 0.6 is 23.1 Å². The third-order valence-electron chi connectivity index (χ3n) is 2.50. The number of amides is 1. The fourth-order valence-electron chi connectivity index (χ4n) is 1.67. The van der Waals surface area contributed by atoms with Crippen molar-refractivity contribution >= 4 is 34.7 Å². The fraction of sp³-hybridized carbons (Fsp3) is 0.182. The molecule has 92 valence electrons. The van der Waals surface area contributed by atoms with Gasteiger partial charge >= 0.3 is 0 Å². The number of benzene rings is 1. The molecule has 5 nitrogen and oxygen atoms in total. The molecule has 1 aliphatic rings. The van der Waals surface area contributed by atoms with Crippen molar-refractivity contribution in [3.63, 3.8) is 0 Å². The van der Waals surface area contributed by atoms with Crippen LogP contribution in [-0.4, -0.2) is 21.9 Å². The Hall–Kier alpha value is -1.44. The maximum atomic E-state index is 11.4. The Kier molecular flexibility index (Phi) is 3.02. The summed E-state index contributed by atoms with van der Waals surface area (Å²) in [5, 5.41) is 12.6. The number of thioether (sulfide) groups is 1. The van der Waals surface area contributed by atoms with E-state index in [1.54, 1.807) is 11.8 Å². The van der Waals surface area contributed by atoms with Crippen LogP contribution in [0.25, 0.3) is 10.6 Å². The molecule has 0 saturated heterocycles. The van der Waals surface area contributed by atoms with Crippen molar-refractivity contribution in [2.75, 3.05) is 11.1 Å². The molecule has 0 saturated carbocycles. The minimum absolute atomic E-state index is 0.0320. The summed E-state index contributed by atoms with van der Waals surface area (Å²) in [5.74, 6) is 0.507. The lowest BCUT2D eigenvalue weighted by molar-refractivity contribution is -0.113. The molecule has 2 heterocycles. The van der Waals surface area contributed by atoms with Gasteiger partial charge in [0.2, 0.25) is 5.91 Å². The lowest BCUT2D eigenvalue weighted by atomic mass is 10.2. The molecular formula is C11H10N4OS2. The number of carbonyl (C=O) groups excluding carboxylic acids is 1. The van der Waals surface area contributed by atoms with Crippen LogP contribution < -0.4 is 11.1 Å². The number of nitrogens with zero attached hydrogens (tertiary/aromatic N) is 2. The van der Waals surface area contributed by atoms with Gasteiger partial charge in [0.05, 0.1) is 11.4 Å². The largest absolute Gasteiger partial charge is 0.324 e. The second-order valence-electron chi connectivity index (χ2n) is 3.75. The van der Waals surface area contributed by atoms with E-state index in [9.17, 15) is 4.79 Å². The number of hydrogen-bond acceptors (Lipinski definition) is 6. The Morgan fingerprint density at radius 2 is 2.28 bits per heavy atom. The number of hydrogen-bond donors (Lipinski definition) is 2. The van der Waals surface area contributed by atoms with Gasteiger partial charge in [0.25, 0.3) is 0 Å². The quantitative estimate of drug-likeness (QED) is 0.874. The van der Waals surface area contributed by atoms with Crippen LogP contribution in [-0.2, 0) is 11.3 Å². The van der Waals surface area contributed by atoms with Crippen molar-refractivity contribution < 1.29 is 4.79 Å². The lowest BCUT2D eigenvalue weighted by Crippen LogP contribution is -2.18. The summed E-state index contributed by atoms with van der Waals surface area (Å²) in [7, 11) is 0. The van der Waals surface area contributed by atoms with Crippen LogP contribution in [0.2, 0.25) is 0 Å². The highest BCUT2D eigenvalue weighted by Gasteiger charge is 2.16. The van der Waals surface area contributed by atoms with Gasteiger partial charge in [0.15, 0.2) is 0 Å². The summed E-state index contributed by atoms with van der Waals surface area (Å²) in [6.45, 7) is 0.398. The van der Waals surface area contributed by atoms with E-state index in [0.29, 0.717) is 12.3 Å². The maximum Gasteiger partial charge on any atom is 0.234 e. The Bertz CT molecular complexity index is 611. The van der Waals surface area contributed by atoms with Gasteiger partial charge in [0.1, 0.15) is 10.0 Å². The summed E-state index contributed by atoms with van der Waals surface area (Å²) in [6.07, 6.45) is 0. The molecule has 0 radical (unpaired) electrons. The third kappa shape index (κ3) is 2.12. The van der Waals surface area contributed by atoms with Gasteiger partial charge in [0, 0.05) is 17.0 Å². The summed E-state index contributed by atoms with van der Waals surface area (Å²) in [5.41, 5.74) is 7.32. The number of rotatable bonds is 2. The first-order valence-electron chi connectivity index (χ1n) is 5.36. The number of carbonyl (C=O) groups is 1. The van der Waals surface area contributed by atoms with Gasteiger partial charge in [-0.25, -0.2) is 0 Å². The minimum atomic E-state index is 0.0320. The second-order valence-corrected chi connectivity index (χ2v) is 5.83. The number of fused-ring (bicyclic) bond motifs is 1. The summed E-state index contributed by atoms with van der Waals surface area (Å²) in [4.78, 5) is 12.4. The molecule has 0 unspecified atom stereocenters. The summed E-state index contributed by atoms with van der Waals surface area (Å²) < 4.78 is 0. The number of anilines is 1. The van der Waals surface area contributed by atoms with E-state index in [-0.39, 0.29) is 5.91 Å². The summed E-state index contributed by atoms with van der Waals surface area (Å²) in [6, 6.07) is 5.92. The minimum Gasteiger partial charge on any atom is -0.324 e. The first kappa shape index (κ1) is 11.6. The molecule has 3 N–H and O–H groups in total. The molecule has 0 fully saturated rings. The molecule has 1 aromatic heterocycles. The molecule has 0 atom stereocenters. The molecule has 2 aromatic rings. The maximum absolute atomic E-state index is 11.4. The van der Waals surface area contributed by atoms with E-state index in [0.717, 1.165) is 26.2 Å². The molecule has 18 heavy (non-hydrogen) atoms. The average molecular weight is 278 g/mol. The van der Waals surface area contributed by atoms with Crippen LogP contribution in [0.5, 0.6) is 0 Å². The fourth-order valence-corrected chi connectivity index (χ4v) is 3.17. The van der Waals surface area contributed by atoms with E-state index in [2.05, 4.69) is 15.5 Å². The Labute approximate surface area is 112 Å². The van der Waals surface area contributed by atoms with Crippen LogP contribution in [0.15, 0.2) is 23.1 Å². The van der Waals surface area contributed by atoms with Gasteiger partial charge in [-0.2, -0.15) is 0 Å².